The first-order chi connectivity index (χ1) is 57.5. The molecule has 4 heteroatoms. The van der Waals surface area contributed by atoms with Crippen molar-refractivity contribution < 1.29 is 8.83 Å². The Morgan fingerprint density at radius 2 is 0.431 bits per heavy atom. The van der Waals surface area contributed by atoms with E-state index in [2.05, 4.69) is 422 Å². The number of rotatable bonds is 10. The van der Waals surface area contributed by atoms with Gasteiger partial charge in [-0.05, 0) is 263 Å². The summed E-state index contributed by atoms with van der Waals surface area (Å²) in [5.74, 6) is 0. The van der Waals surface area contributed by atoms with Gasteiger partial charge in [0.15, 0.2) is 0 Å². The van der Waals surface area contributed by atoms with E-state index in [4.69, 9.17) is 8.83 Å². The molecule has 0 atom stereocenters. The highest BCUT2D eigenvalue weighted by Gasteiger charge is 2.22. The lowest BCUT2D eigenvalue weighted by Gasteiger charge is -2.27. The van der Waals surface area contributed by atoms with Crippen molar-refractivity contribution in [1.29, 1.82) is 0 Å². The van der Waals surface area contributed by atoms with Crippen LogP contribution >= 0.6 is 0 Å². The van der Waals surface area contributed by atoms with Gasteiger partial charge in [0.1, 0.15) is 22.3 Å². The molecule has 0 aliphatic carbocycles. The van der Waals surface area contributed by atoms with Crippen LogP contribution in [0.2, 0.25) is 0 Å². The third-order valence-electron chi connectivity index (χ3n) is 24.0. The standard InChI is InChI=1S/2C56H35NO/c1-3-13-44-39(11-1)33-52(48-17-7-5-15-46(44)48)36-21-27-41(28-22-36)57(43-31-25-38-26-32-51-50-19-9-10-20-55(50)58-56(51)54(38)35-43)42-29-23-37(24-30-42)53-34-40-12-2-4-14-45(40)47-16-6-8-18-49(47)53;1-3-14-46-37(10-1)20-21-42-32-39(26-30-48(42)46)36-22-27-43(28-23-36)57(45-29-24-38-25-31-52-51-18-7-8-19-55(51)58-56(52)54(38)35-45)44-13-9-12-40(33-44)53-34-41-11-2-4-15-47(41)49-16-5-6-17-50(49)53/h2*1-35H. The van der Waals surface area contributed by atoms with E-state index < -0.39 is 0 Å². The molecule has 22 aromatic carbocycles. The second-order valence-electron chi connectivity index (χ2n) is 30.5. The molecule has 540 valence electrons. The minimum Gasteiger partial charge on any atom is -0.455 e. The zero-order chi connectivity index (χ0) is 76.3. The molecule has 0 saturated carbocycles. The maximum Gasteiger partial charge on any atom is 0.143 e. The predicted molar refractivity (Wildman–Crippen MR) is 494 cm³/mol. The number of hydrogen-bond acceptors (Lipinski definition) is 4. The number of nitrogens with zero attached hydrogens (tertiary/aromatic N) is 2. The Bertz CT molecular complexity index is 7930. The van der Waals surface area contributed by atoms with E-state index in [1.165, 1.54) is 131 Å². The Balaban J connectivity index is 0.000000137. The van der Waals surface area contributed by atoms with Crippen molar-refractivity contribution in [3.05, 3.63) is 425 Å². The largest absolute Gasteiger partial charge is 0.455 e. The number of para-hydroxylation sites is 2. The smallest absolute Gasteiger partial charge is 0.143 e. The Hall–Kier alpha value is -15.4. The molecule has 0 N–H and O–H groups in total. The number of benzene rings is 22. The highest BCUT2D eigenvalue weighted by atomic mass is 16.3. The van der Waals surface area contributed by atoms with Crippen LogP contribution in [0.25, 0.3) is 196 Å². The maximum atomic E-state index is 6.57. The average Bonchev–Trinajstić information content (AvgIpc) is 1.38. The van der Waals surface area contributed by atoms with Gasteiger partial charge in [-0.2, -0.15) is 0 Å². The van der Waals surface area contributed by atoms with Crippen molar-refractivity contribution in [3.8, 4) is 44.5 Å². The number of furan rings is 2. The molecule has 0 aliphatic heterocycles. The van der Waals surface area contributed by atoms with Gasteiger partial charge in [0.05, 0.1) is 0 Å². The number of anilines is 6. The molecule has 0 amide bonds. The second-order valence-corrected chi connectivity index (χ2v) is 30.5. The van der Waals surface area contributed by atoms with Crippen molar-refractivity contribution in [2.24, 2.45) is 0 Å². The summed E-state index contributed by atoms with van der Waals surface area (Å²) < 4.78 is 13.1. The van der Waals surface area contributed by atoms with Gasteiger partial charge in [-0.1, -0.05) is 303 Å². The highest BCUT2D eigenvalue weighted by Crippen LogP contribution is 2.47. The molecule has 2 aromatic heterocycles. The van der Waals surface area contributed by atoms with Crippen LogP contribution in [-0.4, -0.2) is 0 Å². The quantitative estimate of drug-likeness (QED) is 0.128. The van der Waals surface area contributed by atoms with Gasteiger partial charge in [0.25, 0.3) is 0 Å². The zero-order valence-corrected chi connectivity index (χ0v) is 63.1. The molecule has 0 spiro atoms. The first-order valence-electron chi connectivity index (χ1n) is 39.8. The fraction of sp³-hybridized carbons (Fsp3) is 0. The summed E-state index contributed by atoms with van der Waals surface area (Å²) in [5, 5.41) is 29.2. The minimum atomic E-state index is 0.903. The molecule has 4 nitrogen and oxygen atoms in total. The highest BCUT2D eigenvalue weighted by molar-refractivity contribution is 6.20. The molecule has 116 heavy (non-hydrogen) atoms. The topological polar surface area (TPSA) is 32.8 Å². The molecule has 24 rings (SSSR count). The average molecular weight is 1480 g/mol. The van der Waals surface area contributed by atoms with Crippen LogP contribution in [0.15, 0.2) is 433 Å². The summed E-state index contributed by atoms with van der Waals surface area (Å²) in [6, 6.07) is 154. The predicted octanol–water partition coefficient (Wildman–Crippen LogP) is 32.3. The van der Waals surface area contributed by atoms with E-state index in [0.29, 0.717) is 0 Å². The zero-order valence-electron chi connectivity index (χ0n) is 63.1. The van der Waals surface area contributed by atoms with Gasteiger partial charge in [-0.25, -0.2) is 0 Å². The first-order valence-corrected chi connectivity index (χ1v) is 39.8. The molecule has 0 bridgehead atoms. The Morgan fingerprint density at radius 1 is 0.138 bits per heavy atom. The SMILES string of the molecule is c1cc(-c2cc3ccccc3c3ccccc23)cc(N(c2ccc(-c3ccc4c(ccc5ccccc54)c3)cc2)c2ccc3ccc4c5ccccc5oc4c3c2)c1.c1ccc2c(c1)cc(-c1ccc(N(c3ccc(-c4cc5ccccc5c5ccccc45)cc3)c3ccc4ccc5c6ccccc6oc5c4c3)cc1)c1ccccc12. The number of hydrogen-bond donors (Lipinski definition) is 0. The summed E-state index contributed by atoms with van der Waals surface area (Å²) in [6.45, 7) is 0. The third-order valence-corrected chi connectivity index (χ3v) is 24.0. The molecular weight excluding hydrogens is 1410 g/mol. The van der Waals surface area contributed by atoms with Crippen LogP contribution in [0.5, 0.6) is 0 Å². The summed E-state index contributed by atoms with van der Waals surface area (Å²) in [4.78, 5) is 4.75. The molecule has 0 aliphatic rings. The monoisotopic (exact) mass is 1470 g/mol. The third kappa shape index (κ3) is 11.2. The second kappa shape index (κ2) is 27.2. The van der Waals surface area contributed by atoms with E-state index in [9.17, 15) is 0 Å². The minimum absolute atomic E-state index is 0.903. The van der Waals surface area contributed by atoms with E-state index in [1.807, 2.05) is 12.1 Å². The van der Waals surface area contributed by atoms with Crippen molar-refractivity contribution in [1.82, 2.24) is 0 Å². The lowest BCUT2D eigenvalue weighted by molar-refractivity contribution is 0.672. The number of fused-ring (bicyclic) bond motifs is 22. The van der Waals surface area contributed by atoms with Crippen molar-refractivity contribution in [2.75, 3.05) is 9.80 Å². The van der Waals surface area contributed by atoms with Crippen LogP contribution < -0.4 is 9.80 Å². The fourth-order valence-corrected chi connectivity index (χ4v) is 18.4. The molecule has 0 saturated heterocycles. The van der Waals surface area contributed by atoms with E-state index >= 15 is 0 Å². The summed E-state index contributed by atoms with van der Waals surface area (Å²) in [6.07, 6.45) is 0. The molecule has 24 aromatic rings. The van der Waals surface area contributed by atoms with Gasteiger partial charge in [-0.15, -0.1) is 0 Å². The van der Waals surface area contributed by atoms with Gasteiger partial charge >= 0.3 is 0 Å². The molecule has 2 heterocycles. The normalized spacial score (nSPS) is 11.8. The van der Waals surface area contributed by atoms with E-state index in [1.54, 1.807) is 0 Å². The summed E-state index contributed by atoms with van der Waals surface area (Å²) >= 11 is 0. The molecule has 0 unspecified atom stereocenters. The maximum absolute atomic E-state index is 6.57. The molecule has 0 fully saturated rings. The lowest BCUT2D eigenvalue weighted by atomic mass is 9.93. The van der Waals surface area contributed by atoms with Crippen LogP contribution in [0, 0.1) is 0 Å². The van der Waals surface area contributed by atoms with E-state index in [-0.39, 0.29) is 0 Å². The van der Waals surface area contributed by atoms with Crippen molar-refractivity contribution >= 4 is 186 Å². The Kier molecular flexibility index (Phi) is 15.6. The fourth-order valence-electron chi connectivity index (χ4n) is 18.4. The molecule has 0 radical (unpaired) electrons. The summed E-state index contributed by atoms with van der Waals surface area (Å²) in [7, 11) is 0. The van der Waals surface area contributed by atoms with Crippen molar-refractivity contribution in [2.45, 2.75) is 0 Å². The summed E-state index contributed by atoms with van der Waals surface area (Å²) in [5.41, 5.74) is 19.7. The van der Waals surface area contributed by atoms with Crippen LogP contribution in [0.3, 0.4) is 0 Å². The van der Waals surface area contributed by atoms with Crippen LogP contribution in [0.1, 0.15) is 0 Å². The van der Waals surface area contributed by atoms with Gasteiger partial charge in [0.2, 0.25) is 0 Å². The van der Waals surface area contributed by atoms with E-state index in [0.717, 1.165) is 99.5 Å². The van der Waals surface area contributed by atoms with Crippen molar-refractivity contribution in [3.63, 3.8) is 0 Å². The van der Waals surface area contributed by atoms with Gasteiger partial charge in [0, 0.05) is 66.4 Å². The Labute approximate surface area is 669 Å². The first kappa shape index (κ1) is 66.4. The Morgan fingerprint density at radius 3 is 0.897 bits per heavy atom. The van der Waals surface area contributed by atoms with Gasteiger partial charge < -0.3 is 18.6 Å². The van der Waals surface area contributed by atoms with Gasteiger partial charge in [-0.3, -0.25) is 0 Å². The van der Waals surface area contributed by atoms with Crippen LogP contribution in [0.4, 0.5) is 34.1 Å². The lowest BCUT2D eigenvalue weighted by Crippen LogP contribution is -2.10. The van der Waals surface area contributed by atoms with Crippen LogP contribution in [-0.2, 0) is 0 Å². The molecular formula is C112H70N2O2.